The van der Waals surface area contributed by atoms with Crippen molar-refractivity contribution in [3.05, 3.63) is 57.7 Å². The van der Waals surface area contributed by atoms with Gasteiger partial charge in [-0.25, -0.2) is 4.98 Å². The third-order valence-corrected chi connectivity index (χ3v) is 4.45. The van der Waals surface area contributed by atoms with Crippen molar-refractivity contribution in [2.75, 3.05) is 0 Å². The second kappa shape index (κ2) is 6.98. The molecule has 0 aliphatic heterocycles. The summed E-state index contributed by atoms with van der Waals surface area (Å²) in [5.74, 6) is 0.735. The first-order valence-electron chi connectivity index (χ1n) is 7.06. The van der Waals surface area contributed by atoms with E-state index in [0.717, 1.165) is 11.4 Å². The predicted molar refractivity (Wildman–Crippen MR) is 91.2 cm³/mol. The van der Waals surface area contributed by atoms with Crippen molar-refractivity contribution in [3.63, 3.8) is 0 Å². The van der Waals surface area contributed by atoms with Gasteiger partial charge in [0.25, 0.3) is 5.69 Å². The van der Waals surface area contributed by atoms with Crippen molar-refractivity contribution in [1.82, 2.24) is 19.7 Å². The first kappa shape index (κ1) is 16.4. The van der Waals surface area contributed by atoms with Crippen LogP contribution < -0.4 is 0 Å². The molecule has 0 aliphatic rings. The number of aromatic nitrogens is 4. The molecule has 0 aliphatic carbocycles. The fraction of sp³-hybridized carbons (Fsp3) is 0.133. The molecule has 0 N–H and O–H groups in total. The van der Waals surface area contributed by atoms with Gasteiger partial charge < -0.3 is 4.57 Å². The molecule has 3 aromatic rings. The molecule has 3 rings (SSSR count). The van der Waals surface area contributed by atoms with Gasteiger partial charge in [0.15, 0.2) is 11.0 Å². The van der Waals surface area contributed by atoms with Crippen molar-refractivity contribution in [2.24, 2.45) is 0 Å². The molecule has 2 aromatic heterocycles. The molecule has 2 heterocycles. The van der Waals surface area contributed by atoms with Crippen molar-refractivity contribution >= 4 is 29.1 Å². The van der Waals surface area contributed by atoms with Gasteiger partial charge in [-0.3, -0.25) is 10.1 Å². The Morgan fingerprint density at radius 1 is 1.21 bits per heavy atom. The van der Waals surface area contributed by atoms with Crippen LogP contribution in [-0.2, 0) is 6.54 Å². The number of nitrogens with zero attached hydrogens (tertiary/aromatic N) is 5. The van der Waals surface area contributed by atoms with E-state index < -0.39 is 4.92 Å². The molecule has 0 saturated carbocycles. The van der Waals surface area contributed by atoms with E-state index in [4.69, 9.17) is 11.6 Å². The summed E-state index contributed by atoms with van der Waals surface area (Å²) < 4.78 is 1.96. The Morgan fingerprint density at radius 2 is 1.96 bits per heavy atom. The summed E-state index contributed by atoms with van der Waals surface area (Å²) in [6.45, 7) is 2.68. The zero-order valence-electron chi connectivity index (χ0n) is 12.6. The standard InChI is InChI=1S/C15H12ClN5O2S/c1-2-20-14(10-3-5-11(16)6-4-10)18-19-15(20)24-13-8-7-12(9-17-13)21(22)23/h3-9H,2H2,1H3. The number of hydrogen-bond acceptors (Lipinski definition) is 6. The number of nitro groups is 1. The lowest BCUT2D eigenvalue weighted by Gasteiger charge is -2.07. The van der Waals surface area contributed by atoms with Crippen molar-refractivity contribution < 1.29 is 4.92 Å². The van der Waals surface area contributed by atoms with Crippen LogP contribution in [-0.4, -0.2) is 24.7 Å². The number of pyridine rings is 1. The Hall–Kier alpha value is -2.45. The van der Waals surface area contributed by atoms with Gasteiger partial charge >= 0.3 is 0 Å². The van der Waals surface area contributed by atoms with Gasteiger partial charge in [0.1, 0.15) is 11.2 Å². The lowest BCUT2D eigenvalue weighted by atomic mass is 10.2. The molecule has 0 atom stereocenters. The highest BCUT2D eigenvalue weighted by Gasteiger charge is 2.15. The smallest absolute Gasteiger partial charge is 0.287 e. The minimum Gasteiger partial charge on any atom is -0.302 e. The van der Waals surface area contributed by atoms with E-state index in [1.54, 1.807) is 18.2 Å². The Morgan fingerprint density at radius 3 is 2.54 bits per heavy atom. The molecule has 0 saturated heterocycles. The average molecular weight is 362 g/mol. The van der Waals surface area contributed by atoms with E-state index in [2.05, 4.69) is 15.2 Å². The van der Waals surface area contributed by atoms with Gasteiger partial charge in [-0.2, -0.15) is 0 Å². The maximum Gasteiger partial charge on any atom is 0.287 e. The molecule has 0 radical (unpaired) electrons. The molecule has 9 heteroatoms. The van der Waals surface area contributed by atoms with E-state index in [0.29, 0.717) is 21.7 Å². The van der Waals surface area contributed by atoms with E-state index in [9.17, 15) is 10.1 Å². The number of hydrogen-bond donors (Lipinski definition) is 0. The summed E-state index contributed by atoms with van der Waals surface area (Å²) in [7, 11) is 0. The maximum absolute atomic E-state index is 10.7. The second-order valence-corrected chi connectivity index (χ2v) is 6.20. The van der Waals surface area contributed by atoms with Crippen LogP contribution in [0.2, 0.25) is 5.02 Å². The minimum absolute atomic E-state index is 0.0434. The summed E-state index contributed by atoms with van der Waals surface area (Å²) in [4.78, 5) is 14.3. The lowest BCUT2D eigenvalue weighted by molar-refractivity contribution is -0.385. The molecule has 122 valence electrons. The van der Waals surface area contributed by atoms with Crippen molar-refractivity contribution in [1.29, 1.82) is 0 Å². The average Bonchev–Trinajstić information content (AvgIpc) is 2.98. The Kier molecular flexibility index (Phi) is 4.77. The van der Waals surface area contributed by atoms with E-state index in [1.807, 2.05) is 23.6 Å². The van der Waals surface area contributed by atoms with Gasteiger partial charge in [0, 0.05) is 23.2 Å². The van der Waals surface area contributed by atoms with Gasteiger partial charge in [-0.05, 0) is 49.0 Å². The highest BCUT2D eigenvalue weighted by molar-refractivity contribution is 7.99. The zero-order chi connectivity index (χ0) is 17.1. The first-order valence-corrected chi connectivity index (χ1v) is 8.25. The first-order chi connectivity index (χ1) is 11.6. The zero-order valence-corrected chi connectivity index (χ0v) is 14.2. The van der Waals surface area contributed by atoms with Crippen LogP contribution in [0.3, 0.4) is 0 Å². The number of rotatable bonds is 5. The summed E-state index contributed by atoms with van der Waals surface area (Å²) in [5, 5.41) is 21.1. The third kappa shape index (κ3) is 3.39. The minimum atomic E-state index is -0.478. The summed E-state index contributed by atoms with van der Waals surface area (Å²) in [6.07, 6.45) is 1.23. The molecular weight excluding hydrogens is 350 g/mol. The number of halogens is 1. The molecule has 0 fully saturated rings. The monoisotopic (exact) mass is 361 g/mol. The molecular formula is C15H12ClN5O2S. The molecule has 0 amide bonds. The van der Waals surface area contributed by atoms with Gasteiger partial charge in [-0.1, -0.05) is 11.6 Å². The maximum atomic E-state index is 10.7. The molecule has 0 unspecified atom stereocenters. The van der Waals surface area contributed by atoms with E-state index >= 15 is 0 Å². The summed E-state index contributed by atoms with van der Waals surface area (Å²) in [6, 6.07) is 10.4. The Labute approximate surface area is 146 Å². The van der Waals surface area contributed by atoms with E-state index in [1.165, 1.54) is 24.0 Å². The molecule has 7 nitrogen and oxygen atoms in total. The summed E-state index contributed by atoms with van der Waals surface area (Å²) in [5.41, 5.74) is 0.871. The van der Waals surface area contributed by atoms with E-state index in [-0.39, 0.29) is 5.69 Å². The quantitative estimate of drug-likeness (QED) is 0.502. The van der Waals surface area contributed by atoms with Crippen LogP contribution in [0, 0.1) is 10.1 Å². The number of benzene rings is 1. The molecule has 0 spiro atoms. The molecule has 1 aromatic carbocycles. The second-order valence-electron chi connectivity index (χ2n) is 4.77. The van der Waals surface area contributed by atoms with Crippen LogP contribution in [0.1, 0.15) is 6.92 Å². The Bertz CT molecular complexity index is 865. The highest BCUT2D eigenvalue weighted by atomic mass is 35.5. The van der Waals surface area contributed by atoms with Crippen LogP contribution in [0.5, 0.6) is 0 Å². The lowest BCUT2D eigenvalue weighted by Crippen LogP contribution is -1.99. The van der Waals surface area contributed by atoms with Gasteiger partial charge in [-0.15, -0.1) is 10.2 Å². The van der Waals surface area contributed by atoms with Crippen LogP contribution in [0.25, 0.3) is 11.4 Å². The van der Waals surface area contributed by atoms with Crippen LogP contribution in [0.15, 0.2) is 52.8 Å². The fourth-order valence-electron chi connectivity index (χ4n) is 2.10. The predicted octanol–water partition coefficient (Wildman–Crippen LogP) is 4.07. The topological polar surface area (TPSA) is 86.7 Å². The van der Waals surface area contributed by atoms with Crippen LogP contribution >= 0.6 is 23.4 Å². The summed E-state index contributed by atoms with van der Waals surface area (Å²) >= 11 is 7.22. The Balaban J connectivity index is 1.89. The molecule has 24 heavy (non-hydrogen) atoms. The SMILES string of the molecule is CCn1c(Sc2ccc([N+](=O)[O-])cn2)nnc1-c1ccc(Cl)cc1. The van der Waals surface area contributed by atoms with Gasteiger partial charge in [0.05, 0.1) is 4.92 Å². The molecule has 0 bridgehead atoms. The third-order valence-electron chi connectivity index (χ3n) is 3.26. The fourth-order valence-corrected chi connectivity index (χ4v) is 3.06. The highest BCUT2D eigenvalue weighted by Crippen LogP contribution is 2.29. The van der Waals surface area contributed by atoms with Crippen LogP contribution in [0.4, 0.5) is 5.69 Å². The van der Waals surface area contributed by atoms with Gasteiger partial charge in [0.2, 0.25) is 0 Å². The van der Waals surface area contributed by atoms with Crippen molar-refractivity contribution in [2.45, 2.75) is 23.7 Å². The largest absolute Gasteiger partial charge is 0.302 e. The normalized spacial score (nSPS) is 10.8. The van der Waals surface area contributed by atoms with Crippen molar-refractivity contribution in [3.8, 4) is 11.4 Å².